The van der Waals surface area contributed by atoms with Crippen molar-refractivity contribution in [3.05, 3.63) is 30.1 Å². The van der Waals surface area contributed by atoms with Crippen molar-refractivity contribution in [3.63, 3.8) is 0 Å². The lowest BCUT2D eigenvalue weighted by atomic mass is 9.95. The molecule has 2 N–H and O–H groups in total. The molecule has 2 atom stereocenters. The van der Waals surface area contributed by atoms with E-state index in [0.29, 0.717) is 19.0 Å². The maximum Gasteiger partial charge on any atom is 0.223 e. The number of nitrogens with zero attached hydrogens (tertiary/aromatic N) is 2. The third-order valence-corrected chi connectivity index (χ3v) is 3.74. The van der Waals surface area contributed by atoms with Crippen LogP contribution in [0.3, 0.4) is 0 Å². The van der Waals surface area contributed by atoms with Gasteiger partial charge in [0, 0.05) is 30.8 Å². The lowest BCUT2D eigenvalue weighted by molar-refractivity contribution is -0.129. The van der Waals surface area contributed by atoms with Gasteiger partial charge >= 0.3 is 0 Å². The molecule has 1 aromatic heterocycles. The minimum atomic E-state index is 0.147. The molecule has 4 nitrogen and oxygen atoms in total. The molecule has 1 saturated heterocycles. The highest BCUT2D eigenvalue weighted by molar-refractivity contribution is 5.80. The number of likely N-dealkylation sites (tertiary alicyclic amines) is 1. The van der Waals surface area contributed by atoms with Gasteiger partial charge in [-0.25, -0.2) is 0 Å². The second-order valence-corrected chi connectivity index (χ2v) is 4.96. The van der Waals surface area contributed by atoms with E-state index in [9.17, 15) is 4.79 Å². The number of amides is 1. The van der Waals surface area contributed by atoms with Crippen LogP contribution in [0, 0.1) is 5.92 Å². The van der Waals surface area contributed by atoms with Crippen LogP contribution in [0.2, 0.25) is 0 Å². The first-order valence-corrected chi connectivity index (χ1v) is 6.22. The number of nitrogens with two attached hydrogens (primary N) is 1. The average Bonchev–Trinajstić information content (AvgIpc) is 3.14. The Morgan fingerprint density at radius 2 is 2.29 bits per heavy atom. The number of carbonyl (C=O) groups excluding carboxylic acids is 1. The van der Waals surface area contributed by atoms with Crippen LogP contribution in [0.5, 0.6) is 0 Å². The summed E-state index contributed by atoms with van der Waals surface area (Å²) in [5.41, 5.74) is 6.93. The molecule has 1 aliphatic carbocycles. The molecular weight excluding hydrogens is 214 g/mol. The van der Waals surface area contributed by atoms with E-state index < -0.39 is 0 Å². The van der Waals surface area contributed by atoms with Crippen molar-refractivity contribution in [2.75, 3.05) is 6.54 Å². The van der Waals surface area contributed by atoms with E-state index in [1.807, 2.05) is 18.3 Å². The van der Waals surface area contributed by atoms with E-state index in [4.69, 9.17) is 5.73 Å². The summed E-state index contributed by atoms with van der Waals surface area (Å²) in [5, 5.41) is 0. The van der Waals surface area contributed by atoms with E-state index in [1.54, 1.807) is 6.20 Å². The van der Waals surface area contributed by atoms with Gasteiger partial charge in [0.25, 0.3) is 0 Å². The maximum atomic E-state index is 12.1. The molecule has 1 aliphatic heterocycles. The topological polar surface area (TPSA) is 59.2 Å². The van der Waals surface area contributed by atoms with E-state index in [-0.39, 0.29) is 17.9 Å². The fourth-order valence-corrected chi connectivity index (χ4v) is 2.80. The molecule has 4 heteroatoms. The van der Waals surface area contributed by atoms with Crippen molar-refractivity contribution in [1.82, 2.24) is 9.88 Å². The number of rotatable bonds is 3. The van der Waals surface area contributed by atoms with Crippen molar-refractivity contribution in [2.45, 2.75) is 31.3 Å². The van der Waals surface area contributed by atoms with Gasteiger partial charge in [0.15, 0.2) is 0 Å². The molecule has 17 heavy (non-hydrogen) atoms. The van der Waals surface area contributed by atoms with Gasteiger partial charge < -0.3 is 10.6 Å². The number of hydrogen-bond donors (Lipinski definition) is 1. The van der Waals surface area contributed by atoms with Gasteiger partial charge in [0.1, 0.15) is 0 Å². The second-order valence-electron chi connectivity index (χ2n) is 4.96. The number of pyridine rings is 1. The second kappa shape index (κ2) is 4.11. The normalized spacial score (nSPS) is 28.8. The highest BCUT2D eigenvalue weighted by atomic mass is 16.2. The van der Waals surface area contributed by atoms with Gasteiger partial charge in [0.2, 0.25) is 5.91 Å². The highest BCUT2D eigenvalue weighted by Crippen LogP contribution is 2.44. The van der Waals surface area contributed by atoms with Gasteiger partial charge in [-0.2, -0.15) is 0 Å². The minimum absolute atomic E-state index is 0.147. The first-order chi connectivity index (χ1) is 8.31. The largest absolute Gasteiger partial charge is 0.332 e. The van der Waals surface area contributed by atoms with Crippen LogP contribution < -0.4 is 5.73 Å². The molecule has 2 aliphatic rings. The molecular formula is C13H17N3O. The predicted molar refractivity (Wildman–Crippen MR) is 64.0 cm³/mol. The monoisotopic (exact) mass is 231 g/mol. The Labute approximate surface area is 101 Å². The Morgan fingerprint density at radius 3 is 2.88 bits per heavy atom. The van der Waals surface area contributed by atoms with Crippen LogP contribution in [-0.4, -0.2) is 28.4 Å². The minimum Gasteiger partial charge on any atom is -0.332 e. The van der Waals surface area contributed by atoms with Gasteiger partial charge in [-0.05, 0) is 31.0 Å². The van der Waals surface area contributed by atoms with Crippen molar-refractivity contribution in [2.24, 2.45) is 11.7 Å². The van der Waals surface area contributed by atoms with Gasteiger partial charge in [-0.3, -0.25) is 9.78 Å². The molecule has 2 fully saturated rings. The Morgan fingerprint density at radius 1 is 1.47 bits per heavy atom. The first kappa shape index (κ1) is 10.7. The predicted octanol–water partition coefficient (Wildman–Crippen LogP) is 1.09. The maximum absolute atomic E-state index is 12.1. The lowest BCUT2D eigenvalue weighted by Gasteiger charge is -2.28. The zero-order valence-electron chi connectivity index (χ0n) is 9.75. The molecule has 1 amide bonds. The van der Waals surface area contributed by atoms with Crippen LogP contribution in [0.15, 0.2) is 24.5 Å². The molecule has 90 valence electrons. The Hall–Kier alpha value is -1.42. The summed E-state index contributed by atoms with van der Waals surface area (Å²) < 4.78 is 0. The van der Waals surface area contributed by atoms with Crippen molar-refractivity contribution < 1.29 is 4.79 Å². The molecule has 0 unspecified atom stereocenters. The summed E-state index contributed by atoms with van der Waals surface area (Å²) in [6, 6.07) is 4.57. The van der Waals surface area contributed by atoms with E-state index >= 15 is 0 Å². The first-order valence-electron chi connectivity index (χ1n) is 6.22. The fraction of sp³-hybridized carbons (Fsp3) is 0.538. The molecule has 1 saturated carbocycles. The zero-order valence-corrected chi connectivity index (χ0v) is 9.75. The highest BCUT2D eigenvalue weighted by Gasteiger charge is 2.46. The fourth-order valence-electron chi connectivity index (χ4n) is 2.80. The number of carbonyl (C=O) groups is 1. The Kier molecular flexibility index (Phi) is 2.59. The quantitative estimate of drug-likeness (QED) is 0.847. The molecule has 0 spiro atoms. The van der Waals surface area contributed by atoms with Crippen LogP contribution in [0.1, 0.15) is 30.9 Å². The summed E-state index contributed by atoms with van der Waals surface area (Å²) in [4.78, 5) is 18.3. The summed E-state index contributed by atoms with van der Waals surface area (Å²) >= 11 is 0. The number of aromatic nitrogens is 1. The van der Waals surface area contributed by atoms with E-state index in [0.717, 1.165) is 18.4 Å². The molecule has 2 heterocycles. The summed E-state index contributed by atoms with van der Waals surface area (Å²) in [6.07, 6.45) is 6.49. The third kappa shape index (κ3) is 1.82. The molecule has 0 radical (unpaired) electrons. The molecule has 0 aromatic carbocycles. The third-order valence-electron chi connectivity index (χ3n) is 3.74. The summed E-state index contributed by atoms with van der Waals surface area (Å²) in [5.74, 6) is 0.504. The Bertz CT molecular complexity index is 416. The average molecular weight is 231 g/mol. The smallest absolute Gasteiger partial charge is 0.223 e. The van der Waals surface area contributed by atoms with Crippen LogP contribution in [0.4, 0.5) is 0 Å². The van der Waals surface area contributed by atoms with Crippen molar-refractivity contribution >= 4 is 5.91 Å². The molecule has 3 rings (SSSR count). The van der Waals surface area contributed by atoms with E-state index in [2.05, 4.69) is 9.88 Å². The van der Waals surface area contributed by atoms with Crippen LogP contribution in [-0.2, 0) is 4.79 Å². The van der Waals surface area contributed by atoms with Crippen LogP contribution in [0.25, 0.3) is 0 Å². The Balaban J connectivity index is 1.94. The summed E-state index contributed by atoms with van der Waals surface area (Å²) in [7, 11) is 0. The van der Waals surface area contributed by atoms with E-state index in [1.165, 1.54) is 0 Å². The van der Waals surface area contributed by atoms with Gasteiger partial charge in [0.05, 0.1) is 6.04 Å². The molecule has 0 bridgehead atoms. The lowest BCUT2D eigenvalue weighted by Crippen LogP contribution is -2.32. The van der Waals surface area contributed by atoms with Gasteiger partial charge in [-0.15, -0.1) is 0 Å². The van der Waals surface area contributed by atoms with Crippen molar-refractivity contribution in [1.29, 1.82) is 0 Å². The SMILES string of the molecule is NC[C@@H]1CC(=O)N(C2CC2)[C@@H]1c1cccnc1. The van der Waals surface area contributed by atoms with Gasteiger partial charge in [-0.1, -0.05) is 6.07 Å². The molecule has 1 aromatic rings. The summed E-state index contributed by atoms with van der Waals surface area (Å²) in [6.45, 7) is 0.564. The van der Waals surface area contributed by atoms with Crippen LogP contribution >= 0.6 is 0 Å². The van der Waals surface area contributed by atoms with Crippen molar-refractivity contribution in [3.8, 4) is 0 Å². The standard InChI is InChI=1S/C13H17N3O/c14-7-10-6-12(17)16(11-3-4-11)13(10)9-2-1-5-15-8-9/h1-2,5,8,10-11,13H,3-4,6-7,14H2/t10-,13+/m0/s1. The number of hydrogen-bond acceptors (Lipinski definition) is 3. The zero-order chi connectivity index (χ0) is 11.8.